The lowest BCUT2D eigenvalue weighted by molar-refractivity contribution is -0.166. The average Bonchev–Trinajstić information content (AvgIpc) is 2.37. The van der Waals surface area contributed by atoms with Crippen molar-refractivity contribution >= 4 is 0 Å². The van der Waals surface area contributed by atoms with Gasteiger partial charge in [0.1, 0.15) is 12.2 Å². The summed E-state index contributed by atoms with van der Waals surface area (Å²) in [7, 11) is 0. The number of aliphatic hydroxyl groups is 1. The molecule has 0 amide bonds. The summed E-state index contributed by atoms with van der Waals surface area (Å²) in [4.78, 5) is 6.69. The Hall–Kier alpha value is -0.870. The third-order valence-corrected chi connectivity index (χ3v) is 1.62. The summed E-state index contributed by atoms with van der Waals surface area (Å²) in [6.45, 7) is 0.434. The largest absolute Gasteiger partial charge is 0.388 e. The molecule has 1 saturated heterocycles. The number of aromatic amines is 1. The van der Waals surface area contributed by atoms with Gasteiger partial charge < -0.3 is 14.8 Å². The molecule has 0 bridgehead atoms. The Balaban J connectivity index is 2.14. The van der Waals surface area contributed by atoms with Crippen molar-refractivity contribution in [3.63, 3.8) is 0 Å². The molecular formula is C6H8N2O2. The van der Waals surface area contributed by atoms with Crippen LogP contribution in [0.3, 0.4) is 0 Å². The lowest BCUT2D eigenvalue weighted by Gasteiger charge is -2.31. The minimum Gasteiger partial charge on any atom is -0.388 e. The van der Waals surface area contributed by atoms with Crippen LogP contribution in [-0.2, 0) is 4.74 Å². The van der Waals surface area contributed by atoms with E-state index >= 15 is 0 Å². The van der Waals surface area contributed by atoms with E-state index in [2.05, 4.69) is 9.97 Å². The van der Waals surface area contributed by atoms with Gasteiger partial charge in [0.15, 0.2) is 0 Å². The van der Waals surface area contributed by atoms with Crippen LogP contribution in [0.2, 0.25) is 0 Å². The van der Waals surface area contributed by atoms with Gasteiger partial charge in [0.05, 0.1) is 24.8 Å². The fraction of sp³-hybridized carbons (Fsp3) is 0.500. The molecule has 0 spiro atoms. The first-order valence-corrected chi connectivity index (χ1v) is 3.16. The second-order valence-corrected chi connectivity index (χ2v) is 2.33. The van der Waals surface area contributed by atoms with Gasteiger partial charge >= 0.3 is 0 Å². The van der Waals surface area contributed by atoms with E-state index in [1.165, 1.54) is 0 Å². The topological polar surface area (TPSA) is 58.1 Å². The Morgan fingerprint density at radius 1 is 1.80 bits per heavy atom. The fourth-order valence-electron chi connectivity index (χ4n) is 0.998. The number of rotatable bonds is 1. The first-order valence-electron chi connectivity index (χ1n) is 3.16. The predicted molar refractivity (Wildman–Crippen MR) is 33.3 cm³/mol. The number of hydrogen-bond acceptors (Lipinski definition) is 3. The van der Waals surface area contributed by atoms with Crippen molar-refractivity contribution in [2.24, 2.45) is 0 Å². The van der Waals surface area contributed by atoms with E-state index in [4.69, 9.17) is 9.84 Å². The predicted octanol–water partition coefficient (Wildman–Crippen LogP) is -0.158. The van der Waals surface area contributed by atoms with E-state index < -0.39 is 0 Å². The van der Waals surface area contributed by atoms with E-state index in [1.54, 1.807) is 12.5 Å². The molecule has 2 heterocycles. The Morgan fingerprint density at radius 2 is 2.70 bits per heavy atom. The molecule has 10 heavy (non-hydrogen) atoms. The summed E-state index contributed by atoms with van der Waals surface area (Å²) in [5, 5.41) is 9.11. The molecule has 0 aliphatic carbocycles. The maximum Gasteiger partial charge on any atom is 0.127 e. The highest BCUT2D eigenvalue weighted by Crippen LogP contribution is 2.27. The zero-order valence-electron chi connectivity index (χ0n) is 5.32. The molecule has 4 heteroatoms. The zero-order chi connectivity index (χ0) is 6.97. The standard InChI is InChI=1S/C6H8N2O2/c9-5-2-10-6(5)4-1-7-3-8-4/h1,3,5-6,9H,2H2,(H,7,8). The Labute approximate surface area is 57.9 Å². The number of ether oxygens (including phenoxy) is 1. The average molecular weight is 140 g/mol. The second-order valence-electron chi connectivity index (χ2n) is 2.33. The van der Waals surface area contributed by atoms with Gasteiger partial charge in [0.25, 0.3) is 0 Å². The molecule has 2 N–H and O–H groups in total. The van der Waals surface area contributed by atoms with Gasteiger partial charge in [-0.3, -0.25) is 0 Å². The van der Waals surface area contributed by atoms with E-state index in [9.17, 15) is 0 Å². The summed E-state index contributed by atoms with van der Waals surface area (Å²) in [5.41, 5.74) is 0.846. The van der Waals surface area contributed by atoms with Gasteiger partial charge in [-0.2, -0.15) is 0 Å². The van der Waals surface area contributed by atoms with Crippen LogP contribution in [0.25, 0.3) is 0 Å². The SMILES string of the molecule is OC1COC1c1cnc[nH]1. The van der Waals surface area contributed by atoms with Crippen molar-refractivity contribution in [3.05, 3.63) is 18.2 Å². The molecule has 0 radical (unpaired) electrons. The maximum atomic E-state index is 9.11. The molecule has 2 unspecified atom stereocenters. The molecule has 2 rings (SSSR count). The van der Waals surface area contributed by atoms with Crippen molar-refractivity contribution in [1.29, 1.82) is 0 Å². The Bertz CT molecular complexity index is 210. The van der Waals surface area contributed by atoms with Crippen molar-refractivity contribution in [2.75, 3.05) is 6.61 Å². The van der Waals surface area contributed by atoms with Gasteiger partial charge in [-0.15, -0.1) is 0 Å². The van der Waals surface area contributed by atoms with Crippen molar-refractivity contribution < 1.29 is 9.84 Å². The van der Waals surface area contributed by atoms with Crippen LogP contribution in [0, 0.1) is 0 Å². The number of aliphatic hydroxyl groups excluding tert-OH is 1. The molecule has 1 aromatic heterocycles. The molecular weight excluding hydrogens is 132 g/mol. The van der Waals surface area contributed by atoms with Crippen molar-refractivity contribution in [1.82, 2.24) is 9.97 Å². The number of nitrogens with zero attached hydrogens (tertiary/aromatic N) is 1. The highest BCUT2D eigenvalue weighted by Gasteiger charge is 2.32. The lowest BCUT2D eigenvalue weighted by Crippen LogP contribution is -2.37. The molecule has 1 aromatic rings. The normalized spacial score (nSPS) is 31.7. The third-order valence-electron chi connectivity index (χ3n) is 1.62. The first kappa shape index (κ1) is 5.88. The van der Waals surface area contributed by atoms with Gasteiger partial charge in [-0.1, -0.05) is 0 Å². The van der Waals surface area contributed by atoms with Gasteiger partial charge in [0.2, 0.25) is 0 Å². The fourth-order valence-corrected chi connectivity index (χ4v) is 0.998. The van der Waals surface area contributed by atoms with E-state index in [0.29, 0.717) is 6.61 Å². The smallest absolute Gasteiger partial charge is 0.127 e. The van der Waals surface area contributed by atoms with Crippen LogP contribution in [0.15, 0.2) is 12.5 Å². The van der Waals surface area contributed by atoms with Gasteiger partial charge in [-0.05, 0) is 0 Å². The van der Waals surface area contributed by atoms with Gasteiger partial charge in [0, 0.05) is 0 Å². The molecule has 1 aliphatic rings. The first-order chi connectivity index (χ1) is 4.88. The van der Waals surface area contributed by atoms with Crippen LogP contribution in [0.5, 0.6) is 0 Å². The maximum absolute atomic E-state index is 9.11. The quantitative estimate of drug-likeness (QED) is 0.570. The number of hydrogen-bond donors (Lipinski definition) is 2. The van der Waals surface area contributed by atoms with E-state index in [0.717, 1.165) is 5.69 Å². The molecule has 0 saturated carbocycles. The minimum absolute atomic E-state index is 0.178. The highest BCUT2D eigenvalue weighted by atomic mass is 16.5. The summed E-state index contributed by atoms with van der Waals surface area (Å²) < 4.78 is 5.07. The van der Waals surface area contributed by atoms with Crippen LogP contribution >= 0.6 is 0 Å². The highest BCUT2D eigenvalue weighted by molar-refractivity contribution is 5.05. The monoisotopic (exact) mass is 140 g/mol. The molecule has 0 aromatic carbocycles. The molecule has 1 aliphatic heterocycles. The lowest BCUT2D eigenvalue weighted by atomic mass is 10.1. The third kappa shape index (κ3) is 0.732. The Kier molecular flexibility index (Phi) is 1.22. The van der Waals surface area contributed by atoms with Crippen LogP contribution in [0.4, 0.5) is 0 Å². The van der Waals surface area contributed by atoms with Crippen molar-refractivity contribution in [2.45, 2.75) is 12.2 Å². The van der Waals surface area contributed by atoms with Crippen LogP contribution in [0.1, 0.15) is 11.8 Å². The molecule has 2 atom stereocenters. The summed E-state index contributed by atoms with van der Waals surface area (Å²) in [5.74, 6) is 0. The molecule has 1 fully saturated rings. The summed E-state index contributed by atoms with van der Waals surface area (Å²) in [6.07, 6.45) is 2.69. The zero-order valence-corrected chi connectivity index (χ0v) is 5.32. The van der Waals surface area contributed by atoms with Crippen LogP contribution in [-0.4, -0.2) is 27.8 Å². The molecule has 4 nitrogen and oxygen atoms in total. The number of imidazole rings is 1. The summed E-state index contributed by atoms with van der Waals surface area (Å²) >= 11 is 0. The second kappa shape index (κ2) is 2.07. The van der Waals surface area contributed by atoms with E-state index in [-0.39, 0.29) is 12.2 Å². The minimum atomic E-state index is -0.361. The number of nitrogens with one attached hydrogen (secondary N) is 1. The van der Waals surface area contributed by atoms with Gasteiger partial charge in [-0.25, -0.2) is 4.98 Å². The summed E-state index contributed by atoms with van der Waals surface area (Å²) in [6, 6.07) is 0. The molecule has 54 valence electrons. The number of aromatic nitrogens is 2. The van der Waals surface area contributed by atoms with Crippen LogP contribution < -0.4 is 0 Å². The van der Waals surface area contributed by atoms with E-state index in [1.807, 2.05) is 0 Å². The Morgan fingerprint density at radius 3 is 3.10 bits per heavy atom. The number of H-pyrrole nitrogens is 1. The van der Waals surface area contributed by atoms with Crippen molar-refractivity contribution in [3.8, 4) is 0 Å².